The van der Waals surface area contributed by atoms with Gasteiger partial charge in [-0.1, -0.05) is 6.58 Å². The number of nitrogens with one attached hydrogen (secondary N) is 2. The van der Waals surface area contributed by atoms with Gasteiger partial charge in [0.05, 0.1) is 16.7 Å². The van der Waals surface area contributed by atoms with Crippen molar-refractivity contribution in [2.24, 2.45) is 5.92 Å². The van der Waals surface area contributed by atoms with Crippen molar-refractivity contribution in [1.29, 1.82) is 0 Å². The molecule has 0 radical (unpaired) electrons. The van der Waals surface area contributed by atoms with E-state index < -0.39 is 10.0 Å². The Bertz CT molecular complexity index is 1070. The number of hydrogen-bond donors (Lipinski definition) is 2. The van der Waals surface area contributed by atoms with E-state index in [0.717, 1.165) is 34.7 Å². The van der Waals surface area contributed by atoms with Crippen LogP contribution in [0.15, 0.2) is 48.9 Å². The molecule has 0 unspecified atom stereocenters. The summed E-state index contributed by atoms with van der Waals surface area (Å²) in [6.07, 6.45) is 5.69. The number of nitrogens with zero attached hydrogens (tertiary/aromatic N) is 4. The van der Waals surface area contributed by atoms with Crippen LogP contribution in [0.4, 0.5) is 11.5 Å². The summed E-state index contributed by atoms with van der Waals surface area (Å²) < 4.78 is 27.6. The van der Waals surface area contributed by atoms with E-state index in [-0.39, 0.29) is 0 Å². The molecule has 4 rings (SSSR count). The Labute approximate surface area is 151 Å². The number of aromatic nitrogens is 4. The Morgan fingerprint density at radius 1 is 1.23 bits per heavy atom. The lowest BCUT2D eigenvalue weighted by atomic mass is 10.3. The second-order valence-electron chi connectivity index (χ2n) is 6.22. The number of anilines is 2. The molecule has 2 aromatic heterocycles. The summed E-state index contributed by atoms with van der Waals surface area (Å²) in [6.45, 7) is 4.21. The smallest absolute Gasteiger partial charge is 0.254 e. The highest BCUT2D eigenvalue weighted by Crippen LogP contribution is 2.29. The Hall–Kier alpha value is -2.94. The van der Waals surface area contributed by atoms with Gasteiger partial charge < -0.3 is 5.32 Å². The first-order valence-electron chi connectivity index (χ1n) is 8.23. The summed E-state index contributed by atoms with van der Waals surface area (Å²) >= 11 is 0. The molecular weight excluding hydrogens is 352 g/mol. The molecule has 0 amide bonds. The molecule has 0 saturated heterocycles. The lowest BCUT2D eigenvalue weighted by Crippen LogP contribution is -2.08. The van der Waals surface area contributed by atoms with Crippen LogP contribution in [0.1, 0.15) is 12.8 Å². The van der Waals surface area contributed by atoms with Gasteiger partial charge in [-0.05, 0) is 37.0 Å². The molecule has 0 aliphatic heterocycles. The third-order valence-corrected chi connectivity index (χ3v) is 5.15. The highest BCUT2D eigenvalue weighted by molar-refractivity contribution is 7.95. The van der Waals surface area contributed by atoms with Crippen LogP contribution in [-0.2, 0) is 10.0 Å². The van der Waals surface area contributed by atoms with Crippen LogP contribution in [-0.4, -0.2) is 34.5 Å². The van der Waals surface area contributed by atoms with E-state index in [1.165, 1.54) is 19.2 Å². The zero-order chi connectivity index (χ0) is 18.1. The van der Waals surface area contributed by atoms with Gasteiger partial charge in [0.2, 0.25) is 0 Å². The van der Waals surface area contributed by atoms with Crippen molar-refractivity contribution in [3.63, 3.8) is 0 Å². The van der Waals surface area contributed by atoms with Crippen molar-refractivity contribution in [3.05, 3.63) is 48.9 Å². The Balaban J connectivity index is 1.67. The number of fused-ring (bicyclic) bond motifs is 1. The molecule has 0 atom stereocenters. The fourth-order valence-electron chi connectivity index (χ4n) is 2.61. The van der Waals surface area contributed by atoms with Gasteiger partial charge in [-0.2, -0.15) is 0 Å². The van der Waals surface area contributed by atoms with E-state index >= 15 is 0 Å². The Morgan fingerprint density at radius 2 is 2.08 bits per heavy atom. The summed E-state index contributed by atoms with van der Waals surface area (Å²) in [5.41, 5.74) is 1.90. The average Bonchev–Trinajstić information content (AvgIpc) is 3.38. The monoisotopic (exact) mass is 370 g/mol. The molecule has 1 fully saturated rings. The summed E-state index contributed by atoms with van der Waals surface area (Å²) in [6, 6.07) is 6.97. The average molecular weight is 370 g/mol. The number of hydrogen-bond acceptors (Lipinski definition) is 6. The molecular formula is C17H18N6O2S. The molecule has 1 saturated carbocycles. The standard InChI is InChI=1S/C17H18N6O2S/c1-2-26(24,25)22-13-5-6-14-15(7-13)23(11-21-14)17-8-16(19-10-20-17)18-9-12-3-4-12/h2,5-8,10-12,22H,1,3-4,9H2,(H,18,19,20). The number of imidazole rings is 1. The SMILES string of the molecule is C=CS(=O)(=O)Nc1ccc2ncn(-c3cc(NCC4CC4)ncn3)c2c1. The molecule has 2 N–H and O–H groups in total. The largest absolute Gasteiger partial charge is 0.370 e. The maximum absolute atomic E-state index is 11.7. The van der Waals surface area contributed by atoms with E-state index in [9.17, 15) is 8.42 Å². The highest BCUT2D eigenvalue weighted by Gasteiger charge is 2.20. The maximum Gasteiger partial charge on any atom is 0.254 e. The van der Waals surface area contributed by atoms with E-state index in [1.54, 1.807) is 29.1 Å². The van der Waals surface area contributed by atoms with E-state index in [1.807, 2.05) is 6.07 Å². The summed E-state index contributed by atoms with van der Waals surface area (Å²) in [5.74, 6) is 2.15. The topological polar surface area (TPSA) is 102 Å². The van der Waals surface area contributed by atoms with Crippen LogP contribution in [0.3, 0.4) is 0 Å². The van der Waals surface area contributed by atoms with Crippen molar-refractivity contribution in [2.75, 3.05) is 16.6 Å². The van der Waals surface area contributed by atoms with Crippen LogP contribution in [0.2, 0.25) is 0 Å². The first-order chi connectivity index (χ1) is 12.5. The molecule has 1 aliphatic carbocycles. The molecule has 3 aromatic rings. The molecule has 134 valence electrons. The van der Waals surface area contributed by atoms with E-state index in [0.29, 0.717) is 11.5 Å². The molecule has 8 nitrogen and oxygen atoms in total. The summed E-state index contributed by atoms with van der Waals surface area (Å²) in [5, 5.41) is 4.19. The lowest BCUT2D eigenvalue weighted by molar-refractivity contribution is 0.609. The Morgan fingerprint density at radius 3 is 2.85 bits per heavy atom. The lowest BCUT2D eigenvalue weighted by Gasteiger charge is -2.08. The number of rotatable bonds is 7. The zero-order valence-corrected chi connectivity index (χ0v) is 14.8. The third-order valence-electron chi connectivity index (χ3n) is 4.20. The predicted molar refractivity (Wildman–Crippen MR) is 101 cm³/mol. The summed E-state index contributed by atoms with van der Waals surface area (Å²) in [7, 11) is -3.57. The fourth-order valence-corrected chi connectivity index (χ4v) is 3.14. The van der Waals surface area contributed by atoms with Gasteiger partial charge in [-0.3, -0.25) is 9.29 Å². The quantitative estimate of drug-likeness (QED) is 0.663. The van der Waals surface area contributed by atoms with Crippen LogP contribution < -0.4 is 10.0 Å². The third kappa shape index (κ3) is 3.52. The van der Waals surface area contributed by atoms with Gasteiger partial charge in [-0.25, -0.2) is 23.4 Å². The minimum Gasteiger partial charge on any atom is -0.370 e. The van der Waals surface area contributed by atoms with E-state index in [2.05, 4.69) is 31.6 Å². The number of benzene rings is 1. The first-order valence-corrected chi connectivity index (χ1v) is 9.77. The summed E-state index contributed by atoms with van der Waals surface area (Å²) in [4.78, 5) is 12.9. The van der Waals surface area contributed by atoms with Crippen molar-refractivity contribution in [2.45, 2.75) is 12.8 Å². The molecule has 26 heavy (non-hydrogen) atoms. The second-order valence-corrected chi connectivity index (χ2v) is 7.85. The Kier molecular flexibility index (Phi) is 4.08. The van der Waals surface area contributed by atoms with Crippen LogP contribution >= 0.6 is 0 Å². The van der Waals surface area contributed by atoms with Crippen LogP contribution in [0.5, 0.6) is 0 Å². The van der Waals surface area contributed by atoms with Crippen molar-refractivity contribution >= 4 is 32.6 Å². The van der Waals surface area contributed by atoms with Gasteiger partial charge in [0.15, 0.2) is 0 Å². The van der Waals surface area contributed by atoms with Crippen molar-refractivity contribution in [3.8, 4) is 5.82 Å². The minimum atomic E-state index is -3.57. The fraction of sp³-hybridized carbons (Fsp3) is 0.235. The van der Waals surface area contributed by atoms with Gasteiger partial charge >= 0.3 is 0 Å². The van der Waals surface area contributed by atoms with Gasteiger partial charge in [0.1, 0.15) is 24.3 Å². The molecule has 1 aliphatic rings. The first kappa shape index (κ1) is 16.5. The molecule has 9 heteroatoms. The van der Waals surface area contributed by atoms with Crippen LogP contribution in [0.25, 0.3) is 16.9 Å². The van der Waals surface area contributed by atoms with Gasteiger partial charge in [0, 0.05) is 18.0 Å². The minimum absolute atomic E-state index is 0.431. The molecule has 0 spiro atoms. The van der Waals surface area contributed by atoms with Crippen LogP contribution in [0, 0.1) is 5.92 Å². The van der Waals surface area contributed by atoms with Crippen molar-refractivity contribution < 1.29 is 8.42 Å². The molecule has 1 aromatic carbocycles. The molecule has 0 bridgehead atoms. The second kappa shape index (κ2) is 6.41. The normalized spacial score (nSPS) is 14.3. The van der Waals surface area contributed by atoms with Gasteiger partial charge in [-0.15, -0.1) is 0 Å². The van der Waals surface area contributed by atoms with E-state index in [4.69, 9.17) is 0 Å². The van der Waals surface area contributed by atoms with Gasteiger partial charge in [0.25, 0.3) is 10.0 Å². The number of sulfonamides is 1. The predicted octanol–water partition coefficient (Wildman–Crippen LogP) is 2.52. The highest BCUT2D eigenvalue weighted by atomic mass is 32.2. The zero-order valence-electron chi connectivity index (χ0n) is 14.0. The maximum atomic E-state index is 11.7. The molecule has 2 heterocycles. The van der Waals surface area contributed by atoms with Crippen molar-refractivity contribution in [1.82, 2.24) is 19.5 Å².